The summed E-state index contributed by atoms with van der Waals surface area (Å²) in [5, 5.41) is 9.86. The number of rotatable bonds is 1. The molecule has 0 saturated carbocycles. The molecule has 0 spiro atoms. The van der Waals surface area contributed by atoms with Crippen molar-refractivity contribution in [3.05, 3.63) is 12.2 Å². The summed E-state index contributed by atoms with van der Waals surface area (Å²) in [6.07, 6.45) is 5.15. The lowest BCUT2D eigenvalue weighted by molar-refractivity contribution is 0.147. The molecule has 0 amide bonds. The van der Waals surface area contributed by atoms with E-state index in [1.54, 1.807) is 0 Å². The van der Waals surface area contributed by atoms with Gasteiger partial charge in [-0.2, -0.15) is 0 Å². The molecule has 1 rings (SSSR count). The summed E-state index contributed by atoms with van der Waals surface area (Å²) in [6, 6.07) is 0. The maximum Gasteiger partial charge on any atom is 0.0584 e. The second-order valence-electron chi connectivity index (χ2n) is 4.98. The highest BCUT2D eigenvalue weighted by molar-refractivity contribution is 6.77. The smallest absolute Gasteiger partial charge is 0.0584 e. The fraction of sp³-hybridized carbons (Fsp3) is 0.800. The second-order valence-corrected chi connectivity index (χ2v) is 10.4. The quantitative estimate of drug-likeness (QED) is 0.491. The van der Waals surface area contributed by atoms with Crippen molar-refractivity contribution in [1.29, 1.82) is 0 Å². The summed E-state index contributed by atoms with van der Waals surface area (Å²) in [5.41, 5.74) is 0.544. The zero-order valence-corrected chi connectivity index (χ0v) is 9.54. The van der Waals surface area contributed by atoms with Crippen LogP contribution in [0.5, 0.6) is 0 Å². The van der Waals surface area contributed by atoms with Crippen molar-refractivity contribution in [2.24, 2.45) is 5.92 Å². The highest BCUT2D eigenvalue weighted by Gasteiger charge is 2.36. The van der Waals surface area contributed by atoms with Gasteiger partial charge in [0.25, 0.3) is 0 Å². The van der Waals surface area contributed by atoms with Gasteiger partial charge >= 0.3 is 0 Å². The molecule has 0 saturated heterocycles. The van der Waals surface area contributed by atoms with Crippen LogP contribution in [0.25, 0.3) is 0 Å². The number of hydrogen-bond donors (Lipinski definition) is 1. The van der Waals surface area contributed by atoms with E-state index in [2.05, 4.69) is 38.7 Å². The Balaban J connectivity index is 2.80. The average molecular weight is 184 g/mol. The standard InChI is InChI=1S/C10H20OSi/c1-8-6-5-7-9(11)10(8)12(2,3)4/h5-6,8-11H,7H2,1-4H3. The van der Waals surface area contributed by atoms with Gasteiger partial charge in [-0.15, -0.1) is 0 Å². The molecule has 3 unspecified atom stereocenters. The van der Waals surface area contributed by atoms with Crippen molar-refractivity contribution in [3.8, 4) is 0 Å². The van der Waals surface area contributed by atoms with Crippen LogP contribution in [0.15, 0.2) is 12.2 Å². The zero-order chi connectivity index (χ0) is 9.35. The van der Waals surface area contributed by atoms with Crippen LogP contribution in [-0.2, 0) is 0 Å². The van der Waals surface area contributed by atoms with Gasteiger partial charge in [-0.3, -0.25) is 0 Å². The molecule has 3 atom stereocenters. The van der Waals surface area contributed by atoms with Gasteiger partial charge in [-0.1, -0.05) is 38.7 Å². The van der Waals surface area contributed by atoms with Crippen molar-refractivity contribution in [2.75, 3.05) is 0 Å². The predicted octanol–water partition coefficient (Wildman–Crippen LogP) is 2.65. The van der Waals surface area contributed by atoms with Crippen LogP contribution in [0.2, 0.25) is 25.2 Å². The van der Waals surface area contributed by atoms with E-state index in [9.17, 15) is 5.11 Å². The second kappa shape index (κ2) is 3.34. The van der Waals surface area contributed by atoms with Crippen LogP contribution in [0.4, 0.5) is 0 Å². The van der Waals surface area contributed by atoms with Crippen LogP contribution in [0.1, 0.15) is 13.3 Å². The molecule has 0 fully saturated rings. The topological polar surface area (TPSA) is 20.2 Å². The summed E-state index contributed by atoms with van der Waals surface area (Å²) in [6.45, 7) is 9.26. The minimum atomic E-state index is -1.18. The van der Waals surface area contributed by atoms with Crippen molar-refractivity contribution < 1.29 is 5.11 Å². The van der Waals surface area contributed by atoms with Crippen LogP contribution < -0.4 is 0 Å². The van der Waals surface area contributed by atoms with Gasteiger partial charge < -0.3 is 5.11 Å². The first-order chi connectivity index (χ1) is 5.43. The van der Waals surface area contributed by atoms with Gasteiger partial charge in [0.05, 0.1) is 14.2 Å². The van der Waals surface area contributed by atoms with E-state index in [-0.39, 0.29) is 6.10 Å². The third-order valence-corrected chi connectivity index (χ3v) is 5.71. The molecule has 0 bridgehead atoms. The molecule has 0 aliphatic heterocycles. The first-order valence-corrected chi connectivity index (χ1v) is 8.35. The summed E-state index contributed by atoms with van der Waals surface area (Å²) < 4.78 is 0. The molecular formula is C10H20OSi. The Kier molecular flexibility index (Phi) is 2.79. The number of aliphatic hydroxyl groups is 1. The molecule has 1 aliphatic rings. The Hall–Kier alpha value is -0.0831. The normalized spacial score (nSPS) is 36.9. The van der Waals surface area contributed by atoms with Gasteiger partial charge in [0, 0.05) is 0 Å². The summed E-state index contributed by atoms with van der Waals surface area (Å²) in [5.74, 6) is 0.570. The van der Waals surface area contributed by atoms with Crippen LogP contribution >= 0.6 is 0 Å². The fourth-order valence-electron chi connectivity index (χ4n) is 2.42. The first kappa shape index (κ1) is 10.0. The van der Waals surface area contributed by atoms with Gasteiger partial charge in [-0.05, 0) is 17.9 Å². The largest absolute Gasteiger partial charge is 0.393 e. The number of allylic oxidation sites excluding steroid dienone is 1. The average Bonchev–Trinajstić information content (AvgIpc) is 1.82. The lowest BCUT2D eigenvalue weighted by Crippen LogP contribution is -2.40. The molecule has 12 heavy (non-hydrogen) atoms. The maximum absolute atomic E-state index is 9.86. The summed E-state index contributed by atoms with van der Waals surface area (Å²) in [7, 11) is -1.18. The van der Waals surface area contributed by atoms with Crippen molar-refractivity contribution in [1.82, 2.24) is 0 Å². The zero-order valence-electron chi connectivity index (χ0n) is 8.54. The molecule has 0 aromatic heterocycles. The SMILES string of the molecule is CC1C=CCC(O)C1[Si](C)(C)C. The van der Waals surface area contributed by atoms with Gasteiger partial charge in [-0.25, -0.2) is 0 Å². The van der Waals surface area contributed by atoms with Crippen LogP contribution in [-0.4, -0.2) is 19.3 Å². The summed E-state index contributed by atoms with van der Waals surface area (Å²) in [4.78, 5) is 0. The lowest BCUT2D eigenvalue weighted by atomic mass is 9.94. The van der Waals surface area contributed by atoms with E-state index in [0.29, 0.717) is 11.5 Å². The van der Waals surface area contributed by atoms with E-state index < -0.39 is 8.07 Å². The Morgan fingerprint density at radius 3 is 2.25 bits per heavy atom. The fourth-order valence-corrected chi connectivity index (χ4v) is 5.39. The molecule has 1 aliphatic carbocycles. The van der Waals surface area contributed by atoms with Gasteiger partial charge in [0.2, 0.25) is 0 Å². The Morgan fingerprint density at radius 1 is 1.33 bits per heavy atom. The Bertz CT molecular complexity index is 181. The van der Waals surface area contributed by atoms with Gasteiger partial charge in [0.15, 0.2) is 0 Å². The van der Waals surface area contributed by atoms with E-state index in [4.69, 9.17) is 0 Å². The van der Waals surface area contributed by atoms with E-state index in [1.165, 1.54) is 0 Å². The molecule has 0 aromatic rings. The Morgan fingerprint density at radius 2 is 1.92 bits per heavy atom. The number of hydrogen-bond acceptors (Lipinski definition) is 1. The highest BCUT2D eigenvalue weighted by atomic mass is 28.3. The van der Waals surface area contributed by atoms with Crippen molar-refractivity contribution >= 4 is 8.07 Å². The van der Waals surface area contributed by atoms with E-state index in [0.717, 1.165) is 6.42 Å². The van der Waals surface area contributed by atoms with E-state index >= 15 is 0 Å². The molecule has 1 N–H and O–H groups in total. The lowest BCUT2D eigenvalue weighted by Gasteiger charge is -2.38. The third-order valence-electron chi connectivity index (χ3n) is 2.80. The summed E-state index contributed by atoms with van der Waals surface area (Å²) >= 11 is 0. The van der Waals surface area contributed by atoms with Crippen LogP contribution in [0.3, 0.4) is 0 Å². The molecule has 0 aromatic carbocycles. The monoisotopic (exact) mass is 184 g/mol. The van der Waals surface area contributed by atoms with Crippen LogP contribution in [0, 0.1) is 5.92 Å². The molecule has 2 heteroatoms. The molecule has 0 radical (unpaired) electrons. The minimum absolute atomic E-state index is 0.0864. The van der Waals surface area contributed by atoms with E-state index in [1.807, 2.05) is 0 Å². The third kappa shape index (κ3) is 1.99. The Labute approximate surface area is 76.5 Å². The molecular weight excluding hydrogens is 164 g/mol. The van der Waals surface area contributed by atoms with Crippen molar-refractivity contribution in [3.63, 3.8) is 0 Å². The van der Waals surface area contributed by atoms with Crippen molar-refractivity contribution in [2.45, 2.75) is 44.6 Å². The molecule has 70 valence electrons. The minimum Gasteiger partial charge on any atom is -0.393 e. The molecule has 0 heterocycles. The van der Waals surface area contributed by atoms with Gasteiger partial charge in [0.1, 0.15) is 0 Å². The maximum atomic E-state index is 9.86. The first-order valence-electron chi connectivity index (χ1n) is 4.77. The highest BCUT2D eigenvalue weighted by Crippen LogP contribution is 2.38. The number of aliphatic hydroxyl groups excluding tert-OH is 1. The molecule has 1 nitrogen and oxygen atoms in total. The predicted molar refractivity (Wildman–Crippen MR) is 56.0 cm³/mol.